The van der Waals surface area contributed by atoms with Crippen LogP contribution in [-0.4, -0.2) is 136 Å². The van der Waals surface area contributed by atoms with Gasteiger partial charge in [0, 0.05) is 91.6 Å². The second kappa shape index (κ2) is 21.3. The van der Waals surface area contributed by atoms with Gasteiger partial charge in [-0.3, -0.25) is 19.7 Å². The van der Waals surface area contributed by atoms with Crippen LogP contribution in [0.4, 0.5) is 14.9 Å². The minimum atomic E-state index is -0.590. The molecule has 0 bridgehead atoms. The number of β-amino-alcohol motifs (C(OH)–C–C–N with tert-alkyl or cyclic N) is 1. The summed E-state index contributed by atoms with van der Waals surface area (Å²) < 4.78 is 33.5. The van der Waals surface area contributed by atoms with Gasteiger partial charge >= 0.3 is 6.03 Å². The quantitative estimate of drug-likeness (QED) is 0.0817. The highest BCUT2D eigenvalue weighted by Crippen LogP contribution is 2.37. The van der Waals surface area contributed by atoms with Gasteiger partial charge in [-0.25, -0.2) is 19.2 Å². The number of rotatable bonds is 14. The number of amides is 5. The lowest BCUT2D eigenvalue weighted by Crippen LogP contribution is -2.42. The van der Waals surface area contributed by atoms with E-state index >= 15 is 4.39 Å². The number of nitrogens with zero attached hydrogens (tertiary/aromatic N) is 5. The Labute approximate surface area is 407 Å². The van der Waals surface area contributed by atoms with Crippen LogP contribution in [0.2, 0.25) is 0 Å². The van der Waals surface area contributed by atoms with Crippen LogP contribution < -0.4 is 20.1 Å². The molecule has 3 aromatic carbocycles. The molecular formula is C53H63FN8O8. The van der Waals surface area contributed by atoms with Crippen LogP contribution in [0.3, 0.4) is 0 Å². The molecule has 2 aromatic heterocycles. The number of halogens is 1. The number of urea groups is 1. The highest BCUT2D eigenvalue weighted by Gasteiger charge is 2.35. The normalized spacial score (nSPS) is 20.6. The fourth-order valence-corrected chi connectivity index (χ4v) is 10.5. The number of H-pyrrole nitrogens is 1. The molecule has 4 fully saturated rings. The second-order valence-corrected chi connectivity index (χ2v) is 19.6. The Morgan fingerprint density at radius 2 is 1.67 bits per heavy atom. The largest absolute Gasteiger partial charge is 0.496 e. The first-order valence-electron chi connectivity index (χ1n) is 24.6. The van der Waals surface area contributed by atoms with Gasteiger partial charge in [-0.15, -0.1) is 0 Å². The van der Waals surface area contributed by atoms with E-state index in [0.717, 1.165) is 68.7 Å². The monoisotopic (exact) mass is 958 g/mol. The smallest absolute Gasteiger partial charge is 0.321 e. The number of nitrogens with one attached hydrogen (secondary N) is 3. The van der Waals surface area contributed by atoms with Gasteiger partial charge < -0.3 is 44.3 Å². The zero-order valence-electron chi connectivity index (χ0n) is 40.3. The van der Waals surface area contributed by atoms with Gasteiger partial charge in [-0.1, -0.05) is 13.8 Å². The van der Waals surface area contributed by atoms with Crippen molar-refractivity contribution in [1.82, 2.24) is 35.0 Å². The van der Waals surface area contributed by atoms with Crippen LogP contribution in [0.5, 0.6) is 11.5 Å². The number of fused-ring (bicyclic) bond motifs is 1. The second-order valence-electron chi connectivity index (χ2n) is 19.6. The van der Waals surface area contributed by atoms with E-state index in [1.807, 2.05) is 42.2 Å². The fraction of sp³-hybridized carbons (Fsp3) is 0.472. The molecule has 0 saturated carbocycles. The van der Waals surface area contributed by atoms with Crippen LogP contribution >= 0.6 is 0 Å². The molecule has 16 nitrogen and oxygen atoms in total. The number of imide groups is 1. The van der Waals surface area contributed by atoms with Crippen LogP contribution in [0, 0.1) is 24.6 Å². The van der Waals surface area contributed by atoms with E-state index in [4.69, 9.17) is 14.2 Å². The Hall–Kier alpha value is -6.43. The van der Waals surface area contributed by atoms with Crippen molar-refractivity contribution in [2.24, 2.45) is 11.8 Å². The molecule has 0 spiro atoms. The number of likely N-dealkylation sites (tertiary alicyclic amines) is 3. The van der Waals surface area contributed by atoms with Gasteiger partial charge in [0.2, 0.25) is 11.8 Å². The minimum Gasteiger partial charge on any atom is -0.496 e. The van der Waals surface area contributed by atoms with E-state index in [1.165, 1.54) is 25.6 Å². The fourth-order valence-electron chi connectivity index (χ4n) is 10.5. The number of aliphatic hydroxyl groups is 1. The Kier molecular flexibility index (Phi) is 14.8. The highest BCUT2D eigenvalue weighted by atomic mass is 19.1. The van der Waals surface area contributed by atoms with Crippen molar-refractivity contribution in [2.45, 2.75) is 89.9 Å². The molecule has 4 aliphatic rings. The van der Waals surface area contributed by atoms with Crippen molar-refractivity contribution in [3.8, 4) is 34.0 Å². The summed E-state index contributed by atoms with van der Waals surface area (Å²) in [5, 5.41) is 16.6. The molecule has 4 aliphatic heterocycles. The molecule has 5 amide bonds. The van der Waals surface area contributed by atoms with E-state index in [1.54, 1.807) is 23.1 Å². The molecule has 1 unspecified atom stereocenters. The molecule has 9 rings (SSSR count). The van der Waals surface area contributed by atoms with Crippen molar-refractivity contribution in [3.05, 3.63) is 89.5 Å². The lowest BCUT2D eigenvalue weighted by atomic mass is 9.88. The molecule has 70 heavy (non-hydrogen) atoms. The number of hydrogen-bond donors (Lipinski definition) is 4. The average Bonchev–Trinajstić information content (AvgIpc) is 3.96. The topological polar surface area (TPSA) is 192 Å². The summed E-state index contributed by atoms with van der Waals surface area (Å²) in [6, 6.07) is 17.5. The molecule has 6 heterocycles. The lowest BCUT2D eigenvalue weighted by Gasteiger charge is -2.34. The molecule has 4 N–H and O–H groups in total. The van der Waals surface area contributed by atoms with Crippen molar-refractivity contribution >= 4 is 40.5 Å². The van der Waals surface area contributed by atoms with Crippen LogP contribution in [0.1, 0.15) is 86.2 Å². The molecule has 4 saturated heterocycles. The van der Waals surface area contributed by atoms with Crippen molar-refractivity contribution < 1.29 is 42.9 Å². The third-order valence-electron chi connectivity index (χ3n) is 14.3. The van der Waals surface area contributed by atoms with Gasteiger partial charge in [0.1, 0.15) is 35.4 Å². The highest BCUT2D eigenvalue weighted by molar-refractivity contribution is 6.02. The Bertz CT molecular complexity index is 2710. The molecule has 370 valence electrons. The third-order valence-corrected chi connectivity index (χ3v) is 14.3. The van der Waals surface area contributed by atoms with Gasteiger partial charge in [0.15, 0.2) is 0 Å². The summed E-state index contributed by atoms with van der Waals surface area (Å²) in [5.74, 6) is -0.0927. The maximum atomic E-state index is 15.2. The number of methoxy groups -OCH3 is 1. The van der Waals surface area contributed by atoms with Gasteiger partial charge in [-0.05, 0) is 123 Å². The van der Waals surface area contributed by atoms with E-state index < -0.39 is 17.8 Å². The first-order valence-corrected chi connectivity index (χ1v) is 24.6. The summed E-state index contributed by atoms with van der Waals surface area (Å²) in [4.78, 5) is 69.5. The summed E-state index contributed by atoms with van der Waals surface area (Å²) in [5.41, 5.74) is 5.55. The summed E-state index contributed by atoms with van der Waals surface area (Å²) >= 11 is 0. The van der Waals surface area contributed by atoms with Gasteiger partial charge in [0.25, 0.3) is 5.91 Å². The summed E-state index contributed by atoms with van der Waals surface area (Å²) in [6.45, 7) is 11.1. The van der Waals surface area contributed by atoms with E-state index in [9.17, 15) is 24.3 Å². The maximum absolute atomic E-state index is 15.2. The zero-order valence-corrected chi connectivity index (χ0v) is 40.3. The number of hydrogen-bond acceptors (Lipinski definition) is 11. The van der Waals surface area contributed by atoms with E-state index in [-0.39, 0.29) is 54.8 Å². The Morgan fingerprint density at radius 3 is 2.40 bits per heavy atom. The number of piperidine rings is 3. The zero-order chi connectivity index (χ0) is 49.1. The lowest BCUT2D eigenvalue weighted by molar-refractivity contribution is -0.134. The summed E-state index contributed by atoms with van der Waals surface area (Å²) in [6.07, 6.45) is 5.75. The third kappa shape index (κ3) is 11.0. The average molecular weight is 959 g/mol. The number of ether oxygens (including phenoxy) is 3. The predicted molar refractivity (Wildman–Crippen MR) is 262 cm³/mol. The number of carbonyl (C=O) groups excluding carboxylic acids is 4. The first kappa shape index (κ1) is 48.6. The van der Waals surface area contributed by atoms with Crippen molar-refractivity contribution in [3.63, 3.8) is 0 Å². The van der Waals surface area contributed by atoms with E-state index in [0.29, 0.717) is 89.0 Å². The van der Waals surface area contributed by atoms with Gasteiger partial charge in [-0.2, -0.15) is 0 Å². The molecule has 3 atom stereocenters. The number of aromatic amines is 1. The van der Waals surface area contributed by atoms with Crippen LogP contribution in [-0.2, 0) is 14.3 Å². The van der Waals surface area contributed by atoms with Crippen LogP contribution in [0.25, 0.3) is 33.5 Å². The molecule has 5 aromatic rings. The van der Waals surface area contributed by atoms with Crippen molar-refractivity contribution in [2.75, 3.05) is 64.8 Å². The molecule has 0 aliphatic carbocycles. The predicted octanol–water partition coefficient (Wildman–Crippen LogP) is 7.30. The molecule has 0 radical (unpaired) electrons. The van der Waals surface area contributed by atoms with E-state index in [2.05, 4.69) is 44.3 Å². The maximum Gasteiger partial charge on any atom is 0.321 e. The molecular weight excluding hydrogens is 896 g/mol. The SMILES string of the molecule is COc1ccc(C(=O)N2CCC(OCCN3CCC(Oc4ccc(-c5cc6c(-c7cc(F)cc(NC(=O)N8C[C@H](CC(C)C)[C@@H](O)C8)c7C)ncnc6[nH]5)cc4)CC3)CC2)cc1C1CCC(=O)NC1=O. The number of aliphatic hydroxyl groups excluding tert-OH is 1. The standard InChI is InChI=1S/C53H63FN8O8/c1-31(2)23-35-28-62(29-46(35)63)53(67)58-44-26-36(54)25-41(32(44)3)49-43-27-45(57-50(43)56-30-55-49)33-5-8-38(9-6-33)70-39-13-17-60(18-14-39)21-22-69-37-15-19-61(20-16-37)52(66)34-7-11-47(68-4)42(24-34)40-10-12-48(64)59-51(40)65/h5-9,11,24-27,30-31,35,37,39-40,46,63H,10,12-23,28-29H2,1-4H3,(H,58,67)(H,55,56,57)(H,59,64,65)/t35-,40?,46-/m0/s1. The van der Waals surface area contributed by atoms with Crippen molar-refractivity contribution in [1.29, 1.82) is 0 Å². The molecule has 17 heteroatoms. The Balaban J connectivity index is 0.730. The Morgan fingerprint density at radius 1 is 0.914 bits per heavy atom. The number of aromatic nitrogens is 3. The first-order chi connectivity index (χ1) is 33.8. The van der Waals surface area contributed by atoms with Gasteiger partial charge in [0.05, 0.1) is 37.5 Å². The number of benzene rings is 3. The minimum absolute atomic E-state index is 0.00479. The number of carbonyl (C=O) groups is 4. The van der Waals surface area contributed by atoms with Crippen LogP contribution in [0.15, 0.2) is 67.0 Å². The number of anilines is 1. The summed E-state index contributed by atoms with van der Waals surface area (Å²) in [7, 11) is 1.53.